The Morgan fingerprint density at radius 2 is 1.79 bits per heavy atom. The normalized spacial score (nSPS) is 11.4. The van der Waals surface area contributed by atoms with E-state index in [9.17, 15) is 22.9 Å². The van der Waals surface area contributed by atoms with Crippen molar-refractivity contribution in [2.75, 3.05) is 12.4 Å². The Morgan fingerprint density at radius 3 is 2.46 bits per heavy atom. The average molecular weight is 596 g/mol. The SMILES string of the molecule is CCc1cc(Cl)c(N=Nc2c([O-])c(C(=O)Nc3cccc(OC)c3Cl)cc3ccccc23)cc1S(=O)(=O)O.[Na+]. The third-order valence-electron chi connectivity index (χ3n) is 5.70. The summed E-state index contributed by atoms with van der Waals surface area (Å²) in [6, 6.07) is 15.4. The quantitative estimate of drug-likeness (QED) is 0.189. The van der Waals surface area contributed by atoms with Crippen molar-refractivity contribution in [1.29, 1.82) is 0 Å². The van der Waals surface area contributed by atoms with Crippen molar-refractivity contribution in [3.63, 3.8) is 0 Å². The van der Waals surface area contributed by atoms with Crippen LogP contribution in [0.5, 0.6) is 11.5 Å². The van der Waals surface area contributed by atoms with Gasteiger partial charge >= 0.3 is 29.6 Å². The van der Waals surface area contributed by atoms with Gasteiger partial charge in [-0.2, -0.15) is 13.5 Å². The zero-order valence-electron chi connectivity index (χ0n) is 21.0. The number of amides is 1. The van der Waals surface area contributed by atoms with E-state index in [0.717, 1.165) is 6.07 Å². The molecular weight excluding hydrogens is 576 g/mol. The summed E-state index contributed by atoms with van der Waals surface area (Å²) in [5, 5.41) is 25.3. The van der Waals surface area contributed by atoms with Crippen LogP contribution in [-0.4, -0.2) is 26.0 Å². The first-order chi connectivity index (χ1) is 18.0. The molecular formula is C26H20Cl2N3NaO6S. The van der Waals surface area contributed by atoms with Crippen molar-refractivity contribution in [2.24, 2.45) is 10.2 Å². The molecule has 0 aromatic heterocycles. The van der Waals surface area contributed by atoms with Gasteiger partial charge in [0.1, 0.15) is 16.5 Å². The van der Waals surface area contributed by atoms with Gasteiger partial charge < -0.3 is 15.2 Å². The van der Waals surface area contributed by atoms with Crippen LogP contribution in [0.15, 0.2) is 75.8 Å². The van der Waals surface area contributed by atoms with Crippen molar-refractivity contribution in [2.45, 2.75) is 18.2 Å². The van der Waals surface area contributed by atoms with E-state index in [0.29, 0.717) is 22.1 Å². The second-order valence-corrected chi connectivity index (χ2v) is 10.2. The molecule has 0 saturated carbocycles. The van der Waals surface area contributed by atoms with E-state index < -0.39 is 21.8 Å². The number of anilines is 1. The minimum absolute atomic E-state index is 0. The fourth-order valence-electron chi connectivity index (χ4n) is 3.81. The molecule has 0 aliphatic rings. The molecule has 4 aromatic rings. The molecule has 13 heteroatoms. The Hall–Kier alpha value is -2.70. The van der Waals surface area contributed by atoms with Crippen LogP contribution < -0.4 is 44.7 Å². The summed E-state index contributed by atoms with van der Waals surface area (Å²) in [7, 11) is -3.13. The van der Waals surface area contributed by atoms with Crippen LogP contribution in [0.4, 0.5) is 17.1 Å². The molecule has 196 valence electrons. The Bertz CT molecular complexity index is 1710. The predicted octanol–water partition coefficient (Wildman–Crippen LogP) is 3.71. The number of halogens is 2. The van der Waals surface area contributed by atoms with Gasteiger partial charge in [0, 0.05) is 10.9 Å². The molecule has 0 unspecified atom stereocenters. The first kappa shape index (κ1) is 30.8. The zero-order valence-corrected chi connectivity index (χ0v) is 25.4. The number of carbonyl (C=O) groups is 1. The van der Waals surface area contributed by atoms with E-state index in [1.165, 1.54) is 19.2 Å². The molecule has 4 rings (SSSR count). The molecule has 0 aliphatic heterocycles. The van der Waals surface area contributed by atoms with Gasteiger partial charge in [-0.25, -0.2) is 0 Å². The molecule has 4 aromatic carbocycles. The van der Waals surface area contributed by atoms with E-state index in [-0.39, 0.29) is 73.5 Å². The number of fused-ring (bicyclic) bond motifs is 1. The van der Waals surface area contributed by atoms with Crippen LogP contribution in [0.25, 0.3) is 10.8 Å². The largest absolute Gasteiger partial charge is 1.00 e. The number of ether oxygens (including phenoxy) is 1. The predicted molar refractivity (Wildman–Crippen MR) is 144 cm³/mol. The maximum absolute atomic E-state index is 13.4. The third kappa shape index (κ3) is 6.55. The topological polar surface area (TPSA) is 140 Å². The maximum atomic E-state index is 13.4. The van der Waals surface area contributed by atoms with Gasteiger partial charge in [-0.1, -0.05) is 66.2 Å². The molecule has 0 spiro atoms. The number of hydrogen-bond acceptors (Lipinski definition) is 7. The molecule has 39 heavy (non-hydrogen) atoms. The first-order valence-corrected chi connectivity index (χ1v) is 13.3. The first-order valence-electron chi connectivity index (χ1n) is 11.1. The minimum atomic E-state index is -4.56. The average Bonchev–Trinajstić information content (AvgIpc) is 2.88. The van der Waals surface area contributed by atoms with Gasteiger partial charge in [-0.05, 0) is 47.7 Å². The Kier molecular flexibility index (Phi) is 10.0. The molecule has 0 atom stereocenters. The van der Waals surface area contributed by atoms with Crippen molar-refractivity contribution < 1.29 is 57.2 Å². The van der Waals surface area contributed by atoms with E-state index in [2.05, 4.69) is 15.5 Å². The van der Waals surface area contributed by atoms with E-state index in [1.807, 2.05) is 0 Å². The number of azo groups is 1. The van der Waals surface area contributed by atoms with Crippen LogP contribution in [0.3, 0.4) is 0 Å². The molecule has 0 bridgehead atoms. The Morgan fingerprint density at radius 1 is 1.08 bits per heavy atom. The third-order valence-corrected chi connectivity index (χ3v) is 7.33. The summed E-state index contributed by atoms with van der Waals surface area (Å²) in [6.07, 6.45) is 0.288. The number of nitrogens with zero attached hydrogens (tertiary/aromatic N) is 2. The number of methoxy groups -OCH3 is 1. The number of benzene rings is 4. The van der Waals surface area contributed by atoms with Crippen molar-refractivity contribution in [3.05, 3.63) is 81.8 Å². The molecule has 0 radical (unpaired) electrons. The van der Waals surface area contributed by atoms with E-state index >= 15 is 0 Å². The van der Waals surface area contributed by atoms with Gasteiger partial charge in [0.05, 0.1) is 28.4 Å². The van der Waals surface area contributed by atoms with Crippen LogP contribution in [0.1, 0.15) is 22.8 Å². The summed E-state index contributed by atoms with van der Waals surface area (Å²) >= 11 is 12.6. The number of aryl methyl sites for hydroxylation is 1. The van der Waals surface area contributed by atoms with Gasteiger partial charge in [0.2, 0.25) is 0 Å². The van der Waals surface area contributed by atoms with Crippen molar-refractivity contribution in [1.82, 2.24) is 0 Å². The summed E-state index contributed by atoms with van der Waals surface area (Å²) in [4.78, 5) is 12.8. The Labute approximate surface area is 256 Å². The molecule has 0 saturated heterocycles. The maximum Gasteiger partial charge on any atom is 1.00 e. The summed E-state index contributed by atoms with van der Waals surface area (Å²) in [6.45, 7) is 1.70. The second kappa shape index (κ2) is 12.6. The summed E-state index contributed by atoms with van der Waals surface area (Å²) in [5.41, 5.74) is 0.0724. The number of nitrogens with one attached hydrogen (secondary N) is 1. The van der Waals surface area contributed by atoms with Crippen LogP contribution >= 0.6 is 23.2 Å². The van der Waals surface area contributed by atoms with E-state index in [4.69, 9.17) is 27.9 Å². The molecule has 0 heterocycles. The minimum Gasteiger partial charge on any atom is -0.870 e. The van der Waals surface area contributed by atoms with Crippen molar-refractivity contribution in [3.8, 4) is 11.5 Å². The van der Waals surface area contributed by atoms with Gasteiger partial charge in [-0.15, -0.1) is 5.11 Å². The van der Waals surface area contributed by atoms with Crippen LogP contribution in [0, 0.1) is 0 Å². The monoisotopic (exact) mass is 595 g/mol. The molecule has 0 fully saturated rings. The summed E-state index contributed by atoms with van der Waals surface area (Å²) < 4.78 is 38.5. The van der Waals surface area contributed by atoms with Gasteiger partial charge in [0.25, 0.3) is 16.0 Å². The molecule has 1 amide bonds. The number of carbonyl (C=O) groups excluding carboxylic acids is 1. The fourth-order valence-corrected chi connectivity index (χ4v) is 5.08. The van der Waals surface area contributed by atoms with Gasteiger partial charge in [-0.3, -0.25) is 9.35 Å². The van der Waals surface area contributed by atoms with Crippen LogP contribution in [0.2, 0.25) is 10.0 Å². The van der Waals surface area contributed by atoms with Crippen LogP contribution in [-0.2, 0) is 16.5 Å². The number of rotatable bonds is 7. The standard InChI is InChI=1S/C26H21Cl2N3O6S.Na/c1-3-14-12-18(27)20(13-22(14)38(34,35)36)30-31-24-16-8-5-4-7-15(16)11-17(25(24)32)26(33)29-19-9-6-10-21(37-2)23(19)28;/h4-13,32H,3H2,1-2H3,(H,29,33)(H,34,35,36);/q;+1/p-1. The Balaban J connectivity index is 0.00000420. The smallest absolute Gasteiger partial charge is 0.870 e. The number of hydrogen-bond donors (Lipinski definition) is 2. The molecule has 0 aliphatic carbocycles. The fraction of sp³-hybridized carbons (Fsp3) is 0.115. The molecule has 9 nitrogen and oxygen atoms in total. The zero-order chi connectivity index (χ0) is 27.6. The summed E-state index contributed by atoms with van der Waals surface area (Å²) in [5.74, 6) is -1.11. The van der Waals surface area contributed by atoms with Crippen molar-refractivity contribution >= 4 is 67.1 Å². The van der Waals surface area contributed by atoms with E-state index in [1.54, 1.807) is 49.4 Å². The molecule has 2 N–H and O–H groups in total. The second-order valence-electron chi connectivity index (χ2n) is 8.04. The van der Waals surface area contributed by atoms with Gasteiger partial charge in [0.15, 0.2) is 0 Å².